The first-order valence-electron chi connectivity index (χ1n) is 3.17. The maximum absolute atomic E-state index is 3.11. The lowest BCUT2D eigenvalue weighted by Crippen LogP contribution is -2.08. The number of rotatable bonds is 4. The fraction of sp³-hybridized carbons (Fsp3) is 1.00. The second kappa shape index (κ2) is 5.53. The minimum atomic E-state index is 0.781. The van der Waals surface area contributed by atoms with Crippen molar-refractivity contribution in [3.8, 4) is 0 Å². The van der Waals surface area contributed by atoms with Gasteiger partial charge in [0.1, 0.15) is 0 Å². The molecule has 0 fully saturated rings. The van der Waals surface area contributed by atoms with Gasteiger partial charge < -0.3 is 5.32 Å². The highest BCUT2D eigenvalue weighted by molar-refractivity contribution is 7.17. The van der Waals surface area contributed by atoms with Gasteiger partial charge in [0.05, 0.1) is 0 Å². The van der Waals surface area contributed by atoms with Crippen LogP contribution in [-0.4, -0.2) is 19.3 Å². The van der Waals surface area contributed by atoms with E-state index in [1.54, 1.807) is 0 Å². The van der Waals surface area contributed by atoms with E-state index in [2.05, 4.69) is 21.5 Å². The SMILES string of the molecule is CNCCCC(C)P. The van der Waals surface area contributed by atoms with Crippen LogP contribution in [0.1, 0.15) is 19.8 Å². The van der Waals surface area contributed by atoms with Crippen LogP contribution >= 0.6 is 9.24 Å². The molecule has 0 amide bonds. The van der Waals surface area contributed by atoms with Gasteiger partial charge in [0.2, 0.25) is 0 Å². The Balaban J connectivity index is 2.72. The maximum Gasteiger partial charge on any atom is -0.00517 e. The molecule has 0 saturated carbocycles. The van der Waals surface area contributed by atoms with Gasteiger partial charge in [-0.3, -0.25) is 0 Å². The van der Waals surface area contributed by atoms with Crippen LogP contribution in [0.5, 0.6) is 0 Å². The maximum atomic E-state index is 3.11. The van der Waals surface area contributed by atoms with Crippen molar-refractivity contribution < 1.29 is 0 Å². The molecular weight excluding hydrogens is 117 g/mol. The van der Waals surface area contributed by atoms with Gasteiger partial charge in [-0.1, -0.05) is 6.92 Å². The number of hydrogen-bond acceptors (Lipinski definition) is 1. The van der Waals surface area contributed by atoms with Gasteiger partial charge in [-0.2, -0.15) is 0 Å². The first-order chi connectivity index (χ1) is 3.77. The van der Waals surface area contributed by atoms with E-state index in [1.807, 2.05) is 7.05 Å². The number of nitrogens with one attached hydrogen (secondary N) is 1. The highest BCUT2D eigenvalue weighted by atomic mass is 31.0. The number of hydrogen-bond donors (Lipinski definition) is 1. The zero-order chi connectivity index (χ0) is 6.41. The van der Waals surface area contributed by atoms with E-state index in [0.29, 0.717) is 0 Å². The normalized spacial score (nSPS) is 13.9. The van der Waals surface area contributed by atoms with E-state index in [-0.39, 0.29) is 0 Å². The summed E-state index contributed by atoms with van der Waals surface area (Å²) < 4.78 is 0. The topological polar surface area (TPSA) is 12.0 Å². The van der Waals surface area contributed by atoms with Crippen molar-refractivity contribution in [2.75, 3.05) is 13.6 Å². The van der Waals surface area contributed by atoms with Gasteiger partial charge in [-0.25, -0.2) is 0 Å². The van der Waals surface area contributed by atoms with Crippen molar-refractivity contribution in [1.29, 1.82) is 0 Å². The molecule has 1 nitrogen and oxygen atoms in total. The predicted octanol–water partition coefficient (Wildman–Crippen LogP) is 1.25. The van der Waals surface area contributed by atoms with E-state index >= 15 is 0 Å². The summed E-state index contributed by atoms with van der Waals surface area (Å²) in [6.07, 6.45) is 2.60. The minimum Gasteiger partial charge on any atom is -0.320 e. The first-order valence-corrected chi connectivity index (χ1v) is 3.84. The molecule has 0 aliphatic heterocycles. The van der Waals surface area contributed by atoms with Crippen molar-refractivity contribution in [1.82, 2.24) is 5.32 Å². The molecule has 2 unspecified atom stereocenters. The Morgan fingerprint density at radius 2 is 2.25 bits per heavy atom. The Morgan fingerprint density at radius 1 is 1.62 bits per heavy atom. The summed E-state index contributed by atoms with van der Waals surface area (Å²) in [5.41, 5.74) is 0.781. The average Bonchev–Trinajstić information content (AvgIpc) is 1.66. The fourth-order valence-electron chi connectivity index (χ4n) is 0.601. The smallest absolute Gasteiger partial charge is 0.00517 e. The molecule has 0 rings (SSSR count). The van der Waals surface area contributed by atoms with Crippen molar-refractivity contribution >= 4 is 9.24 Å². The van der Waals surface area contributed by atoms with E-state index in [4.69, 9.17) is 0 Å². The standard InChI is InChI=1S/C6H16NP/c1-6(8)4-3-5-7-2/h6-7H,3-5,8H2,1-2H3. The first kappa shape index (κ1) is 8.39. The molecule has 8 heavy (non-hydrogen) atoms. The molecule has 2 heteroatoms. The largest absolute Gasteiger partial charge is 0.320 e. The highest BCUT2D eigenvalue weighted by Crippen LogP contribution is 2.04. The summed E-state index contributed by atoms with van der Waals surface area (Å²) in [5, 5.41) is 3.11. The Morgan fingerprint density at radius 3 is 2.62 bits per heavy atom. The summed E-state index contributed by atoms with van der Waals surface area (Å²) in [6, 6.07) is 0. The molecule has 0 aromatic carbocycles. The van der Waals surface area contributed by atoms with E-state index < -0.39 is 0 Å². The highest BCUT2D eigenvalue weighted by Gasteiger charge is 1.90. The molecule has 0 saturated heterocycles. The van der Waals surface area contributed by atoms with Crippen LogP contribution in [0.2, 0.25) is 0 Å². The lowest BCUT2D eigenvalue weighted by atomic mass is 10.2. The zero-order valence-corrected chi connectivity index (χ0v) is 6.93. The van der Waals surface area contributed by atoms with Gasteiger partial charge in [-0.15, -0.1) is 9.24 Å². The lowest BCUT2D eigenvalue weighted by molar-refractivity contribution is 0.674. The summed E-state index contributed by atoms with van der Waals surface area (Å²) >= 11 is 0. The predicted molar refractivity (Wildman–Crippen MR) is 42.3 cm³/mol. The van der Waals surface area contributed by atoms with Crippen LogP contribution in [0, 0.1) is 0 Å². The molecule has 0 aliphatic carbocycles. The molecule has 2 atom stereocenters. The lowest BCUT2D eigenvalue weighted by Gasteiger charge is -2.01. The third kappa shape index (κ3) is 6.39. The third-order valence-electron chi connectivity index (χ3n) is 1.09. The Kier molecular flexibility index (Phi) is 5.79. The van der Waals surface area contributed by atoms with Crippen LogP contribution in [0.25, 0.3) is 0 Å². The molecule has 0 spiro atoms. The monoisotopic (exact) mass is 133 g/mol. The summed E-state index contributed by atoms with van der Waals surface area (Å²) in [6.45, 7) is 3.37. The fourth-order valence-corrected chi connectivity index (χ4v) is 0.837. The molecule has 0 bridgehead atoms. The van der Waals surface area contributed by atoms with Crippen LogP contribution in [-0.2, 0) is 0 Å². The van der Waals surface area contributed by atoms with E-state index in [1.165, 1.54) is 12.8 Å². The molecular formula is C6H16NP. The quantitative estimate of drug-likeness (QED) is 0.449. The van der Waals surface area contributed by atoms with E-state index in [0.717, 1.165) is 12.2 Å². The minimum absolute atomic E-state index is 0.781. The molecule has 0 aliphatic rings. The van der Waals surface area contributed by atoms with Gasteiger partial charge in [0.25, 0.3) is 0 Å². The second-order valence-electron chi connectivity index (χ2n) is 2.22. The zero-order valence-electron chi connectivity index (χ0n) is 5.78. The Labute approximate surface area is 54.4 Å². The Hall–Kier alpha value is 0.390. The second-order valence-corrected chi connectivity index (χ2v) is 3.36. The van der Waals surface area contributed by atoms with Crippen molar-refractivity contribution in [3.05, 3.63) is 0 Å². The molecule has 0 aromatic rings. The van der Waals surface area contributed by atoms with Gasteiger partial charge in [-0.05, 0) is 32.1 Å². The summed E-state index contributed by atoms with van der Waals surface area (Å²) in [5.74, 6) is 0. The molecule has 0 heterocycles. The van der Waals surface area contributed by atoms with Crippen molar-refractivity contribution in [2.45, 2.75) is 25.4 Å². The van der Waals surface area contributed by atoms with Crippen LogP contribution < -0.4 is 5.32 Å². The molecule has 1 N–H and O–H groups in total. The third-order valence-corrected chi connectivity index (χ3v) is 1.42. The van der Waals surface area contributed by atoms with Gasteiger partial charge in [0.15, 0.2) is 0 Å². The molecule has 50 valence electrons. The van der Waals surface area contributed by atoms with Crippen LogP contribution in [0.4, 0.5) is 0 Å². The molecule has 0 radical (unpaired) electrons. The van der Waals surface area contributed by atoms with Gasteiger partial charge >= 0.3 is 0 Å². The summed E-state index contributed by atoms with van der Waals surface area (Å²) in [7, 11) is 4.79. The molecule has 0 aromatic heterocycles. The average molecular weight is 133 g/mol. The van der Waals surface area contributed by atoms with E-state index in [9.17, 15) is 0 Å². The Bertz CT molecular complexity index is 45.8. The summed E-state index contributed by atoms with van der Waals surface area (Å²) in [4.78, 5) is 0. The van der Waals surface area contributed by atoms with Gasteiger partial charge in [0, 0.05) is 0 Å². The van der Waals surface area contributed by atoms with Crippen molar-refractivity contribution in [3.63, 3.8) is 0 Å². The van der Waals surface area contributed by atoms with Crippen molar-refractivity contribution in [2.24, 2.45) is 0 Å². The van der Waals surface area contributed by atoms with Crippen LogP contribution in [0.3, 0.4) is 0 Å². The van der Waals surface area contributed by atoms with Crippen LogP contribution in [0.15, 0.2) is 0 Å².